The van der Waals surface area contributed by atoms with Crippen LogP contribution in [0.25, 0.3) is 0 Å². The van der Waals surface area contributed by atoms with Crippen LogP contribution in [0.1, 0.15) is 48.2 Å². The molecule has 0 aliphatic carbocycles. The molecule has 1 N–H and O–H groups in total. The van der Waals surface area contributed by atoms with Crippen molar-refractivity contribution in [3.05, 3.63) is 58.1 Å². The Bertz CT molecular complexity index is 848. The van der Waals surface area contributed by atoms with E-state index in [1.807, 2.05) is 25.1 Å². The van der Waals surface area contributed by atoms with Crippen LogP contribution in [0.5, 0.6) is 5.75 Å². The minimum Gasteiger partial charge on any atom is -0.496 e. The highest BCUT2D eigenvalue weighted by molar-refractivity contribution is 6.31. The van der Waals surface area contributed by atoms with E-state index in [2.05, 4.69) is 19.2 Å². The van der Waals surface area contributed by atoms with Crippen LogP contribution >= 0.6 is 11.6 Å². The number of nitrogens with one attached hydrogen (secondary N) is 1. The third-order valence-electron chi connectivity index (χ3n) is 4.21. The van der Waals surface area contributed by atoms with Crippen LogP contribution in [0, 0.1) is 6.92 Å². The van der Waals surface area contributed by atoms with Crippen LogP contribution in [-0.4, -0.2) is 25.1 Å². The van der Waals surface area contributed by atoms with Gasteiger partial charge in [0.1, 0.15) is 11.3 Å². The number of benzene rings is 2. The summed E-state index contributed by atoms with van der Waals surface area (Å²) in [5.74, 6) is -0.502. The Morgan fingerprint density at radius 2 is 1.81 bits per heavy atom. The summed E-state index contributed by atoms with van der Waals surface area (Å²) in [7, 11) is 1.45. The maximum Gasteiger partial charge on any atom is 0.342 e. The number of para-hydroxylation sites is 1. The number of rotatable bonds is 6. The van der Waals surface area contributed by atoms with Gasteiger partial charge in [0.15, 0.2) is 6.10 Å². The predicted octanol–water partition coefficient (Wildman–Crippen LogP) is 4.96. The molecule has 0 radical (unpaired) electrons. The van der Waals surface area contributed by atoms with Crippen molar-refractivity contribution in [1.29, 1.82) is 0 Å². The van der Waals surface area contributed by atoms with Gasteiger partial charge in [0, 0.05) is 10.7 Å². The first-order valence-corrected chi connectivity index (χ1v) is 9.07. The molecule has 144 valence electrons. The lowest BCUT2D eigenvalue weighted by Crippen LogP contribution is -2.30. The van der Waals surface area contributed by atoms with Gasteiger partial charge < -0.3 is 14.8 Å². The minimum atomic E-state index is -0.985. The van der Waals surface area contributed by atoms with Crippen molar-refractivity contribution in [1.82, 2.24) is 0 Å². The number of hydrogen-bond acceptors (Lipinski definition) is 4. The highest BCUT2D eigenvalue weighted by Crippen LogP contribution is 2.28. The van der Waals surface area contributed by atoms with Crippen molar-refractivity contribution in [2.45, 2.75) is 39.7 Å². The summed E-state index contributed by atoms with van der Waals surface area (Å²) in [6.45, 7) is 7.56. The van der Waals surface area contributed by atoms with Crippen molar-refractivity contribution in [2.24, 2.45) is 0 Å². The fourth-order valence-corrected chi connectivity index (χ4v) is 2.86. The smallest absolute Gasteiger partial charge is 0.342 e. The zero-order valence-electron chi connectivity index (χ0n) is 16.1. The number of anilines is 1. The maximum atomic E-state index is 12.6. The highest BCUT2D eigenvalue weighted by atomic mass is 35.5. The fraction of sp³-hybridized carbons (Fsp3) is 0.333. The SMILES string of the molecule is COc1ccc(Cl)cc1C(=O)O[C@@H](C)C(=O)Nc1c(C)cccc1C(C)C. The standard InChI is InChI=1S/C21H24ClNO4/c1-12(2)16-8-6-7-13(3)19(16)23-20(24)14(4)27-21(25)17-11-15(22)9-10-18(17)26-5/h6-12,14H,1-5H3,(H,23,24)/t14-/m0/s1. The van der Waals surface area contributed by atoms with Gasteiger partial charge in [0.25, 0.3) is 5.91 Å². The van der Waals surface area contributed by atoms with E-state index < -0.39 is 18.0 Å². The van der Waals surface area contributed by atoms with E-state index >= 15 is 0 Å². The molecular weight excluding hydrogens is 366 g/mol. The van der Waals surface area contributed by atoms with E-state index in [-0.39, 0.29) is 11.5 Å². The van der Waals surface area contributed by atoms with Gasteiger partial charge in [0.2, 0.25) is 0 Å². The predicted molar refractivity (Wildman–Crippen MR) is 107 cm³/mol. The third-order valence-corrected chi connectivity index (χ3v) is 4.44. The number of aryl methyl sites for hydroxylation is 1. The Morgan fingerprint density at radius 1 is 1.11 bits per heavy atom. The van der Waals surface area contributed by atoms with Gasteiger partial charge in [-0.1, -0.05) is 43.6 Å². The maximum absolute atomic E-state index is 12.6. The number of halogens is 1. The Balaban J connectivity index is 2.15. The highest BCUT2D eigenvalue weighted by Gasteiger charge is 2.23. The van der Waals surface area contributed by atoms with E-state index in [1.54, 1.807) is 12.1 Å². The van der Waals surface area contributed by atoms with Gasteiger partial charge >= 0.3 is 5.97 Å². The van der Waals surface area contributed by atoms with Crippen LogP contribution in [-0.2, 0) is 9.53 Å². The normalized spacial score (nSPS) is 11.8. The van der Waals surface area contributed by atoms with Crippen LogP contribution in [0.3, 0.4) is 0 Å². The molecule has 0 bridgehead atoms. The Kier molecular flexibility index (Phi) is 6.86. The summed E-state index contributed by atoms with van der Waals surface area (Å²) in [5, 5.41) is 3.26. The average molecular weight is 390 g/mol. The van der Waals surface area contributed by atoms with Crippen molar-refractivity contribution in [3.8, 4) is 5.75 Å². The second-order valence-corrected chi connectivity index (χ2v) is 7.01. The first-order valence-electron chi connectivity index (χ1n) is 8.69. The van der Waals surface area contributed by atoms with Gasteiger partial charge in [0.05, 0.1) is 7.11 Å². The number of methoxy groups -OCH3 is 1. The number of hydrogen-bond donors (Lipinski definition) is 1. The lowest BCUT2D eigenvalue weighted by Gasteiger charge is -2.19. The molecule has 2 aromatic carbocycles. The Hall–Kier alpha value is -2.53. The number of amides is 1. The summed E-state index contributed by atoms with van der Waals surface area (Å²) >= 11 is 5.95. The van der Waals surface area contributed by atoms with Crippen molar-refractivity contribution >= 4 is 29.2 Å². The lowest BCUT2D eigenvalue weighted by molar-refractivity contribution is -0.123. The molecule has 0 aliphatic rings. The molecule has 0 spiro atoms. The zero-order valence-corrected chi connectivity index (χ0v) is 16.9. The van der Waals surface area contributed by atoms with Crippen molar-refractivity contribution < 1.29 is 19.1 Å². The molecule has 0 fully saturated rings. The van der Waals surface area contributed by atoms with Crippen molar-refractivity contribution in [3.63, 3.8) is 0 Å². The molecule has 2 aromatic rings. The van der Waals surface area contributed by atoms with E-state index in [0.29, 0.717) is 10.8 Å². The zero-order chi connectivity index (χ0) is 20.1. The Labute approximate surface area is 164 Å². The molecule has 6 heteroatoms. The molecule has 2 rings (SSSR count). The second kappa shape index (κ2) is 8.91. The molecule has 0 saturated heterocycles. The molecule has 5 nitrogen and oxygen atoms in total. The van der Waals surface area contributed by atoms with Crippen LogP contribution in [0.15, 0.2) is 36.4 Å². The van der Waals surface area contributed by atoms with E-state index in [4.69, 9.17) is 21.1 Å². The van der Waals surface area contributed by atoms with Crippen LogP contribution < -0.4 is 10.1 Å². The molecule has 1 atom stereocenters. The van der Waals surface area contributed by atoms with Gasteiger partial charge in [-0.15, -0.1) is 0 Å². The molecule has 0 heterocycles. The van der Waals surface area contributed by atoms with E-state index in [0.717, 1.165) is 16.8 Å². The fourth-order valence-electron chi connectivity index (χ4n) is 2.68. The summed E-state index contributed by atoms with van der Waals surface area (Å²) in [6, 6.07) is 10.5. The largest absolute Gasteiger partial charge is 0.496 e. The quantitative estimate of drug-likeness (QED) is 0.709. The van der Waals surface area contributed by atoms with Gasteiger partial charge in [-0.3, -0.25) is 4.79 Å². The molecule has 0 aliphatic heterocycles. The first kappa shape index (κ1) is 20.8. The molecule has 0 aromatic heterocycles. The van der Waals surface area contributed by atoms with Gasteiger partial charge in [-0.2, -0.15) is 0 Å². The number of esters is 1. The first-order chi connectivity index (χ1) is 12.7. The van der Waals surface area contributed by atoms with Gasteiger partial charge in [-0.05, 0) is 49.1 Å². The molecule has 27 heavy (non-hydrogen) atoms. The van der Waals surface area contributed by atoms with Crippen molar-refractivity contribution in [2.75, 3.05) is 12.4 Å². The monoisotopic (exact) mass is 389 g/mol. The second-order valence-electron chi connectivity index (χ2n) is 6.58. The molecule has 0 unspecified atom stereocenters. The molecule has 1 amide bonds. The average Bonchev–Trinajstić information content (AvgIpc) is 2.62. The van der Waals surface area contributed by atoms with Crippen LogP contribution in [0.2, 0.25) is 5.02 Å². The number of carbonyl (C=O) groups excluding carboxylic acids is 2. The van der Waals surface area contributed by atoms with E-state index in [9.17, 15) is 9.59 Å². The lowest BCUT2D eigenvalue weighted by atomic mass is 9.98. The third kappa shape index (κ3) is 5.01. The Morgan fingerprint density at radius 3 is 2.44 bits per heavy atom. The summed E-state index contributed by atoms with van der Waals surface area (Å²) in [6.07, 6.45) is -0.985. The number of ether oxygens (including phenoxy) is 2. The van der Waals surface area contributed by atoms with Crippen LogP contribution in [0.4, 0.5) is 5.69 Å². The molecular formula is C21H24ClNO4. The number of carbonyl (C=O) groups is 2. The van der Waals surface area contributed by atoms with Gasteiger partial charge in [-0.25, -0.2) is 4.79 Å². The summed E-state index contributed by atoms with van der Waals surface area (Å²) in [4.78, 5) is 25.0. The molecule has 0 saturated carbocycles. The van der Waals surface area contributed by atoms with E-state index in [1.165, 1.54) is 20.1 Å². The minimum absolute atomic E-state index is 0.170. The summed E-state index contributed by atoms with van der Waals surface area (Å²) in [5.41, 5.74) is 2.90. The summed E-state index contributed by atoms with van der Waals surface area (Å²) < 4.78 is 10.5. The topological polar surface area (TPSA) is 64.6 Å².